The van der Waals surface area contributed by atoms with Crippen molar-refractivity contribution in [1.29, 1.82) is 0 Å². The third kappa shape index (κ3) is 2.06. The Hall–Kier alpha value is -1.95. The number of fused-ring (bicyclic) bond motifs is 1. The highest BCUT2D eigenvalue weighted by molar-refractivity contribution is 7.93. The Morgan fingerprint density at radius 2 is 2.10 bits per heavy atom. The molecule has 1 aromatic rings. The van der Waals surface area contributed by atoms with Gasteiger partial charge in [-0.2, -0.15) is 0 Å². The summed E-state index contributed by atoms with van der Waals surface area (Å²) in [5.74, 6) is -0.687. The van der Waals surface area contributed by atoms with Crippen molar-refractivity contribution in [2.75, 3.05) is 11.4 Å². The number of carbonyl (C=O) groups is 2. The molecule has 0 saturated heterocycles. The van der Waals surface area contributed by atoms with Gasteiger partial charge in [-0.1, -0.05) is 6.08 Å². The number of ketones is 1. The molecule has 1 aromatic carbocycles. The van der Waals surface area contributed by atoms with Gasteiger partial charge in [-0.3, -0.25) is 9.59 Å². The van der Waals surface area contributed by atoms with Gasteiger partial charge in [0.2, 0.25) is 5.91 Å². The predicted octanol–water partition coefficient (Wildman–Crippen LogP) is 1.58. The Morgan fingerprint density at radius 1 is 1.45 bits per heavy atom. The minimum atomic E-state index is -3.70. The summed E-state index contributed by atoms with van der Waals surface area (Å²) in [4.78, 5) is 25.0. The van der Waals surface area contributed by atoms with E-state index in [9.17, 15) is 18.0 Å². The summed E-state index contributed by atoms with van der Waals surface area (Å²) in [6.45, 7) is 6.53. The van der Waals surface area contributed by atoms with E-state index in [0.717, 1.165) is 0 Å². The standard InChI is InChI=1S/C14H15NO4S/c1-4-7-15-12-8-11(9(2)16)5-6-13(12)20(18,19)10(3)14(15)17/h4-6,8,10H,1,7H2,2-3H3. The van der Waals surface area contributed by atoms with Crippen molar-refractivity contribution < 1.29 is 18.0 Å². The normalized spacial score (nSPS) is 20.4. The first kappa shape index (κ1) is 14.5. The number of carbonyl (C=O) groups excluding carboxylic acids is 2. The topological polar surface area (TPSA) is 71.5 Å². The molecule has 1 unspecified atom stereocenters. The summed E-state index contributed by atoms with van der Waals surface area (Å²) in [6, 6.07) is 4.30. The molecule has 1 heterocycles. The largest absolute Gasteiger partial charge is 0.306 e. The molecule has 6 heteroatoms. The second kappa shape index (κ2) is 4.86. The van der Waals surface area contributed by atoms with E-state index >= 15 is 0 Å². The summed E-state index contributed by atoms with van der Waals surface area (Å²) < 4.78 is 24.6. The van der Waals surface area contributed by atoms with E-state index in [1.165, 1.54) is 43.0 Å². The van der Waals surface area contributed by atoms with Crippen LogP contribution >= 0.6 is 0 Å². The van der Waals surface area contributed by atoms with E-state index in [-0.39, 0.29) is 22.9 Å². The van der Waals surface area contributed by atoms with Crippen molar-refractivity contribution in [1.82, 2.24) is 0 Å². The first-order valence-electron chi connectivity index (χ1n) is 6.12. The van der Waals surface area contributed by atoms with E-state index in [1.54, 1.807) is 0 Å². The van der Waals surface area contributed by atoms with Gasteiger partial charge in [-0.05, 0) is 32.0 Å². The Morgan fingerprint density at radius 3 is 2.65 bits per heavy atom. The lowest BCUT2D eigenvalue weighted by Crippen LogP contribution is -2.46. The maximum Gasteiger partial charge on any atom is 0.245 e. The monoisotopic (exact) mass is 293 g/mol. The molecular formula is C14H15NO4S. The molecule has 1 aliphatic rings. The molecule has 0 saturated carbocycles. The molecule has 0 aliphatic carbocycles. The molecule has 0 spiro atoms. The van der Waals surface area contributed by atoms with Gasteiger partial charge in [0.25, 0.3) is 0 Å². The molecular weight excluding hydrogens is 278 g/mol. The van der Waals surface area contributed by atoms with Crippen LogP contribution in [0, 0.1) is 0 Å². The van der Waals surface area contributed by atoms with Crippen LogP contribution in [0.3, 0.4) is 0 Å². The van der Waals surface area contributed by atoms with E-state index in [4.69, 9.17) is 0 Å². The van der Waals surface area contributed by atoms with Gasteiger partial charge in [0.15, 0.2) is 15.6 Å². The Kier molecular flexibility index (Phi) is 3.52. The number of Topliss-reactive ketones (excluding diaryl/α,β-unsaturated/α-hetero) is 1. The zero-order chi connectivity index (χ0) is 15.1. The Balaban J connectivity index is 2.74. The quantitative estimate of drug-likeness (QED) is 0.626. The van der Waals surface area contributed by atoms with Gasteiger partial charge in [0.05, 0.1) is 10.6 Å². The van der Waals surface area contributed by atoms with E-state index < -0.39 is 21.0 Å². The third-order valence-electron chi connectivity index (χ3n) is 3.35. The molecule has 20 heavy (non-hydrogen) atoms. The van der Waals surface area contributed by atoms with Crippen molar-refractivity contribution in [3.05, 3.63) is 36.4 Å². The maximum absolute atomic E-state index is 12.3. The fourth-order valence-electron chi connectivity index (χ4n) is 2.17. The number of anilines is 1. The number of hydrogen-bond donors (Lipinski definition) is 0. The first-order chi connectivity index (χ1) is 9.30. The number of benzene rings is 1. The van der Waals surface area contributed by atoms with Crippen LogP contribution in [0.15, 0.2) is 35.7 Å². The summed E-state index contributed by atoms with van der Waals surface area (Å²) >= 11 is 0. The van der Waals surface area contributed by atoms with Crippen LogP contribution in [0.1, 0.15) is 24.2 Å². The molecule has 0 fully saturated rings. The predicted molar refractivity (Wildman–Crippen MR) is 75.6 cm³/mol. The second-order valence-corrected chi connectivity index (χ2v) is 6.90. The van der Waals surface area contributed by atoms with E-state index in [1.807, 2.05) is 0 Å². The highest BCUT2D eigenvalue weighted by Gasteiger charge is 2.41. The lowest BCUT2D eigenvalue weighted by molar-refractivity contribution is -0.118. The van der Waals surface area contributed by atoms with Crippen molar-refractivity contribution in [3.8, 4) is 0 Å². The van der Waals surface area contributed by atoms with Gasteiger partial charge >= 0.3 is 0 Å². The molecule has 1 atom stereocenters. The van der Waals surface area contributed by atoms with Gasteiger partial charge < -0.3 is 4.90 Å². The van der Waals surface area contributed by atoms with Gasteiger partial charge in [-0.15, -0.1) is 6.58 Å². The zero-order valence-corrected chi connectivity index (χ0v) is 12.1. The first-order valence-corrected chi connectivity index (χ1v) is 7.66. The number of rotatable bonds is 3. The zero-order valence-electron chi connectivity index (χ0n) is 11.3. The maximum atomic E-state index is 12.3. The third-order valence-corrected chi connectivity index (χ3v) is 5.44. The fraction of sp³-hybridized carbons (Fsp3) is 0.286. The molecule has 0 N–H and O–H groups in total. The minimum Gasteiger partial charge on any atom is -0.306 e. The molecule has 106 valence electrons. The van der Waals surface area contributed by atoms with Crippen molar-refractivity contribution in [2.24, 2.45) is 0 Å². The highest BCUT2D eigenvalue weighted by atomic mass is 32.2. The fourth-order valence-corrected chi connectivity index (χ4v) is 3.66. The number of hydrogen-bond acceptors (Lipinski definition) is 4. The summed E-state index contributed by atoms with van der Waals surface area (Å²) in [5.41, 5.74) is 0.621. The summed E-state index contributed by atoms with van der Waals surface area (Å²) in [6.07, 6.45) is 1.52. The number of nitrogens with zero attached hydrogens (tertiary/aromatic N) is 1. The van der Waals surface area contributed by atoms with Crippen molar-refractivity contribution in [2.45, 2.75) is 24.0 Å². The molecule has 1 aliphatic heterocycles. The molecule has 5 nitrogen and oxygen atoms in total. The Bertz CT molecular complexity index is 706. The van der Waals surface area contributed by atoms with Crippen LogP contribution in [-0.2, 0) is 14.6 Å². The van der Waals surface area contributed by atoms with Crippen LogP contribution in [0.5, 0.6) is 0 Å². The van der Waals surface area contributed by atoms with E-state index in [2.05, 4.69) is 6.58 Å². The summed E-state index contributed by atoms with van der Waals surface area (Å²) in [7, 11) is -3.70. The van der Waals surface area contributed by atoms with Crippen LogP contribution in [0.25, 0.3) is 0 Å². The van der Waals surface area contributed by atoms with E-state index in [0.29, 0.717) is 5.56 Å². The van der Waals surface area contributed by atoms with Crippen LogP contribution in [0.2, 0.25) is 0 Å². The van der Waals surface area contributed by atoms with Crippen molar-refractivity contribution in [3.63, 3.8) is 0 Å². The lowest BCUT2D eigenvalue weighted by atomic mass is 10.1. The molecule has 0 bridgehead atoms. The molecule has 0 aromatic heterocycles. The minimum absolute atomic E-state index is 0.0800. The van der Waals surface area contributed by atoms with Crippen LogP contribution in [0.4, 0.5) is 5.69 Å². The SMILES string of the molecule is C=CCN1C(=O)C(C)S(=O)(=O)c2ccc(C(C)=O)cc21. The Labute approximate surface area is 117 Å². The van der Waals surface area contributed by atoms with Gasteiger partial charge in [0, 0.05) is 12.1 Å². The summed E-state index contributed by atoms with van der Waals surface area (Å²) in [5, 5.41) is -1.13. The van der Waals surface area contributed by atoms with Crippen LogP contribution < -0.4 is 4.90 Å². The second-order valence-electron chi connectivity index (χ2n) is 4.66. The van der Waals surface area contributed by atoms with Crippen molar-refractivity contribution >= 4 is 27.2 Å². The molecule has 1 amide bonds. The van der Waals surface area contributed by atoms with Gasteiger partial charge in [-0.25, -0.2) is 8.42 Å². The highest BCUT2D eigenvalue weighted by Crippen LogP contribution is 2.35. The van der Waals surface area contributed by atoms with Crippen LogP contribution in [-0.4, -0.2) is 31.9 Å². The lowest BCUT2D eigenvalue weighted by Gasteiger charge is -2.32. The van der Waals surface area contributed by atoms with Gasteiger partial charge in [0.1, 0.15) is 5.25 Å². The molecule has 0 radical (unpaired) electrons. The number of sulfone groups is 1. The smallest absolute Gasteiger partial charge is 0.245 e. The number of amides is 1. The average Bonchev–Trinajstić information content (AvgIpc) is 2.41. The average molecular weight is 293 g/mol. The molecule has 2 rings (SSSR count).